The van der Waals surface area contributed by atoms with Gasteiger partial charge < -0.3 is 20.1 Å². The van der Waals surface area contributed by atoms with Gasteiger partial charge in [-0.05, 0) is 53.9 Å². The van der Waals surface area contributed by atoms with Gasteiger partial charge in [0, 0.05) is 18.5 Å². The molecule has 0 radical (unpaired) electrons. The van der Waals surface area contributed by atoms with Crippen LogP contribution in [0, 0.1) is 11.8 Å². The van der Waals surface area contributed by atoms with Gasteiger partial charge in [-0.1, -0.05) is 61.9 Å². The van der Waals surface area contributed by atoms with E-state index in [0.717, 1.165) is 28.7 Å². The first-order valence-corrected chi connectivity index (χ1v) is 12.6. The number of hydrogen-bond acceptors (Lipinski definition) is 4. The van der Waals surface area contributed by atoms with Crippen LogP contribution < -0.4 is 5.32 Å². The molecule has 4 atom stereocenters. The molecule has 2 N–H and O–H groups in total. The van der Waals surface area contributed by atoms with Gasteiger partial charge >= 0.3 is 12.1 Å². The summed E-state index contributed by atoms with van der Waals surface area (Å²) >= 11 is 0. The van der Waals surface area contributed by atoms with Gasteiger partial charge in [-0.15, -0.1) is 0 Å². The Morgan fingerprint density at radius 3 is 2.31 bits per heavy atom. The summed E-state index contributed by atoms with van der Waals surface area (Å²) in [4.78, 5) is 39.7. The number of aliphatic carboxylic acids is 1. The number of carbonyl (C=O) groups excluding carboxylic acids is 2. The molecule has 2 aliphatic carbocycles. The van der Waals surface area contributed by atoms with E-state index in [9.17, 15) is 19.5 Å². The minimum atomic E-state index is -0.839. The summed E-state index contributed by atoms with van der Waals surface area (Å²) in [6.07, 6.45) is 2.87. The van der Waals surface area contributed by atoms with Crippen molar-refractivity contribution in [3.63, 3.8) is 0 Å². The van der Waals surface area contributed by atoms with E-state index in [4.69, 9.17) is 4.74 Å². The molecule has 0 spiro atoms. The van der Waals surface area contributed by atoms with Gasteiger partial charge in [0.15, 0.2) is 0 Å². The number of carboxylic acid groups (broad SMARTS) is 1. The normalized spacial score (nSPS) is 23.3. The maximum absolute atomic E-state index is 13.4. The Labute approximate surface area is 205 Å². The van der Waals surface area contributed by atoms with E-state index in [1.54, 1.807) is 4.90 Å². The summed E-state index contributed by atoms with van der Waals surface area (Å²) in [5.74, 6) is -1.40. The summed E-state index contributed by atoms with van der Waals surface area (Å²) in [7, 11) is 0. The van der Waals surface area contributed by atoms with E-state index in [0.29, 0.717) is 32.2 Å². The molecule has 2 saturated heterocycles. The average Bonchev–Trinajstić information content (AvgIpc) is 3.20. The van der Waals surface area contributed by atoms with Crippen molar-refractivity contribution in [1.29, 1.82) is 0 Å². The summed E-state index contributed by atoms with van der Waals surface area (Å²) in [6, 6.07) is 15.3. The largest absolute Gasteiger partial charge is 0.481 e. The number of alkyl carbamates (subject to hydrolysis) is 1. The van der Waals surface area contributed by atoms with Crippen LogP contribution in [0.3, 0.4) is 0 Å². The maximum Gasteiger partial charge on any atom is 0.407 e. The highest BCUT2D eigenvalue weighted by Gasteiger charge is 2.47. The van der Waals surface area contributed by atoms with Crippen LogP contribution in [-0.4, -0.2) is 53.2 Å². The van der Waals surface area contributed by atoms with Gasteiger partial charge in [-0.25, -0.2) is 4.79 Å². The summed E-state index contributed by atoms with van der Waals surface area (Å²) < 4.78 is 5.66. The van der Waals surface area contributed by atoms with Gasteiger partial charge in [0.05, 0.1) is 5.92 Å². The molecule has 2 heterocycles. The van der Waals surface area contributed by atoms with Gasteiger partial charge in [0.2, 0.25) is 5.91 Å². The van der Waals surface area contributed by atoms with Crippen LogP contribution in [0.2, 0.25) is 0 Å². The highest BCUT2D eigenvalue weighted by molar-refractivity contribution is 5.87. The Bertz CT molecular complexity index is 1090. The molecular formula is C28H32N2O5. The van der Waals surface area contributed by atoms with Crippen LogP contribution >= 0.6 is 0 Å². The second-order valence-electron chi connectivity index (χ2n) is 9.99. The standard InChI is InChI=1S/C28H32N2O5/c1-2-7-24(26(31)30-15-17-12-13-25(30)22(14-17)27(32)33)29-28(34)35-16-23-20-10-5-3-8-18(20)19-9-4-6-11-21(19)23/h3-6,8-11,17,22-25H,2,7,12-16H2,1H3,(H,29,34)(H,32,33)/t17?,22?,24-,25?/m1/s1. The highest BCUT2D eigenvalue weighted by atomic mass is 16.5. The van der Waals surface area contributed by atoms with E-state index in [1.165, 1.54) is 0 Å². The predicted molar refractivity (Wildman–Crippen MR) is 131 cm³/mol. The van der Waals surface area contributed by atoms with Gasteiger partial charge in [0.25, 0.3) is 0 Å². The number of carbonyl (C=O) groups is 3. The van der Waals surface area contributed by atoms with Crippen molar-refractivity contribution in [3.05, 3.63) is 59.7 Å². The van der Waals surface area contributed by atoms with Crippen LogP contribution in [0.15, 0.2) is 48.5 Å². The number of nitrogens with zero attached hydrogens (tertiary/aromatic N) is 1. The molecule has 2 bridgehead atoms. The molecule has 6 rings (SSSR count). The Morgan fingerprint density at radius 1 is 1.06 bits per heavy atom. The summed E-state index contributed by atoms with van der Waals surface area (Å²) in [5, 5.41) is 12.4. The lowest BCUT2D eigenvalue weighted by Gasteiger charge is -2.49. The fourth-order valence-electron chi connectivity index (χ4n) is 6.24. The Morgan fingerprint density at radius 2 is 1.71 bits per heavy atom. The topological polar surface area (TPSA) is 95.9 Å². The third-order valence-electron chi connectivity index (χ3n) is 7.89. The van der Waals surface area contributed by atoms with E-state index in [2.05, 4.69) is 29.6 Å². The molecule has 2 amide bonds. The molecule has 184 valence electrons. The molecule has 7 heteroatoms. The van der Waals surface area contributed by atoms with Gasteiger partial charge in [0.1, 0.15) is 12.6 Å². The van der Waals surface area contributed by atoms with Gasteiger partial charge in [-0.2, -0.15) is 0 Å². The number of amides is 2. The zero-order valence-electron chi connectivity index (χ0n) is 20.0. The number of carboxylic acids is 1. The van der Waals surface area contributed by atoms with Crippen LogP contribution in [0.5, 0.6) is 0 Å². The quantitative estimate of drug-likeness (QED) is 0.617. The number of ether oxygens (including phenoxy) is 1. The van der Waals surface area contributed by atoms with Crippen molar-refractivity contribution in [1.82, 2.24) is 10.2 Å². The van der Waals surface area contributed by atoms with Gasteiger partial charge in [-0.3, -0.25) is 9.59 Å². The molecule has 2 aliphatic heterocycles. The lowest BCUT2D eigenvalue weighted by atomic mass is 9.72. The predicted octanol–water partition coefficient (Wildman–Crippen LogP) is 4.41. The Balaban J connectivity index is 1.25. The van der Waals surface area contributed by atoms with Crippen molar-refractivity contribution in [2.24, 2.45) is 11.8 Å². The van der Waals surface area contributed by atoms with E-state index in [1.807, 2.05) is 31.2 Å². The summed E-state index contributed by atoms with van der Waals surface area (Å²) in [6.45, 7) is 2.71. The summed E-state index contributed by atoms with van der Waals surface area (Å²) in [5.41, 5.74) is 4.58. The van der Waals surface area contributed by atoms with Crippen LogP contribution in [0.25, 0.3) is 11.1 Å². The Hall–Kier alpha value is -3.35. The molecule has 3 fully saturated rings. The van der Waals surface area contributed by atoms with Crippen LogP contribution in [0.1, 0.15) is 56.1 Å². The minimum Gasteiger partial charge on any atom is -0.481 e. The molecule has 3 unspecified atom stereocenters. The zero-order valence-corrected chi connectivity index (χ0v) is 20.0. The molecule has 0 aromatic heterocycles. The molecule has 35 heavy (non-hydrogen) atoms. The van der Waals surface area contributed by atoms with Crippen LogP contribution in [0.4, 0.5) is 4.79 Å². The first-order chi connectivity index (χ1) is 17.0. The fourth-order valence-corrected chi connectivity index (χ4v) is 6.24. The van der Waals surface area contributed by atoms with Crippen molar-refractivity contribution in [3.8, 4) is 11.1 Å². The Kier molecular flexibility index (Phi) is 6.50. The first kappa shape index (κ1) is 23.4. The van der Waals surface area contributed by atoms with Crippen molar-refractivity contribution >= 4 is 18.0 Å². The molecular weight excluding hydrogens is 444 g/mol. The molecule has 7 nitrogen and oxygen atoms in total. The van der Waals surface area contributed by atoms with Crippen LogP contribution in [-0.2, 0) is 14.3 Å². The monoisotopic (exact) mass is 476 g/mol. The number of piperidine rings is 2. The minimum absolute atomic E-state index is 0.0531. The number of hydrogen-bond donors (Lipinski definition) is 2. The smallest absolute Gasteiger partial charge is 0.407 e. The lowest BCUT2D eigenvalue weighted by Crippen LogP contribution is -2.61. The first-order valence-electron chi connectivity index (χ1n) is 12.6. The van der Waals surface area contributed by atoms with Crippen molar-refractivity contribution < 1.29 is 24.2 Å². The molecule has 2 aromatic rings. The average molecular weight is 477 g/mol. The maximum atomic E-state index is 13.4. The number of fused-ring (bicyclic) bond motifs is 6. The fraction of sp³-hybridized carbons (Fsp3) is 0.464. The van der Waals surface area contributed by atoms with E-state index in [-0.39, 0.29) is 30.4 Å². The third-order valence-corrected chi connectivity index (χ3v) is 7.89. The zero-order chi connectivity index (χ0) is 24.5. The van der Waals surface area contributed by atoms with E-state index < -0.39 is 24.0 Å². The molecule has 2 aromatic carbocycles. The van der Waals surface area contributed by atoms with Crippen molar-refractivity contribution in [2.45, 2.75) is 57.0 Å². The molecule has 1 saturated carbocycles. The second kappa shape index (κ2) is 9.72. The number of nitrogens with one attached hydrogen (secondary N) is 1. The molecule has 4 aliphatic rings. The SMILES string of the molecule is CCC[C@@H](NC(=O)OCC1c2ccccc2-c2ccccc21)C(=O)N1CC2CCC1C(C(=O)O)C2. The second-order valence-corrected chi connectivity index (χ2v) is 9.99. The highest BCUT2D eigenvalue weighted by Crippen LogP contribution is 2.44. The lowest BCUT2D eigenvalue weighted by molar-refractivity contribution is -0.156. The number of rotatable bonds is 7. The van der Waals surface area contributed by atoms with Crippen molar-refractivity contribution in [2.75, 3.05) is 13.2 Å². The third kappa shape index (κ3) is 4.40. The number of benzene rings is 2. The van der Waals surface area contributed by atoms with E-state index >= 15 is 0 Å².